The van der Waals surface area contributed by atoms with E-state index in [2.05, 4.69) is 26.2 Å². The van der Waals surface area contributed by atoms with Crippen molar-refractivity contribution in [3.8, 4) is 5.69 Å². The molecule has 2 heterocycles. The first kappa shape index (κ1) is 9.59. The van der Waals surface area contributed by atoms with Crippen LogP contribution in [0.2, 0.25) is 0 Å². The van der Waals surface area contributed by atoms with Crippen molar-refractivity contribution < 1.29 is 4.79 Å². The van der Waals surface area contributed by atoms with Gasteiger partial charge in [0.1, 0.15) is 0 Å². The van der Waals surface area contributed by atoms with Crippen LogP contribution in [-0.4, -0.2) is 15.5 Å². The maximum absolute atomic E-state index is 11.9. The second kappa shape index (κ2) is 3.45. The number of imidazole rings is 1. The van der Waals surface area contributed by atoms with E-state index in [-0.39, 0.29) is 5.91 Å². The van der Waals surface area contributed by atoms with E-state index < -0.39 is 0 Å². The van der Waals surface area contributed by atoms with Crippen molar-refractivity contribution >= 4 is 21.8 Å². The van der Waals surface area contributed by atoms with Crippen molar-refractivity contribution in [1.82, 2.24) is 14.9 Å². The van der Waals surface area contributed by atoms with E-state index in [1.165, 1.54) is 0 Å². The number of carbonyl (C=O) groups is 1. The second-order valence-corrected chi connectivity index (χ2v) is 4.51. The zero-order valence-corrected chi connectivity index (χ0v) is 9.86. The summed E-state index contributed by atoms with van der Waals surface area (Å²) in [5, 5.41) is 2.85. The number of amides is 1. The van der Waals surface area contributed by atoms with Crippen molar-refractivity contribution in [3.63, 3.8) is 0 Å². The molecule has 1 aromatic carbocycles. The number of hydrogen-bond acceptors (Lipinski definition) is 2. The first-order valence-electron chi connectivity index (χ1n) is 4.85. The quantitative estimate of drug-likeness (QED) is 0.799. The molecular weight excluding hydrogens is 270 g/mol. The number of rotatable bonds is 0. The molecule has 0 atom stereocenters. The normalized spacial score (nSPS) is 13.7. The van der Waals surface area contributed by atoms with Crippen molar-refractivity contribution in [3.05, 3.63) is 46.5 Å². The first-order chi connectivity index (χ1) is 7.75. The van der Waals surface area contributed by atoms with E-state index in [1.807, 2.05) is 22.8 Å². The minimum atomic E-state index is -0.0556. The van der Waals surface area contributed by atoms with Gasteiger partial charge in [-0.25, -0.2) is 4.98 Å². The van der Waals surface area contributed by atoms with Crippen molar-refractivity contribution in [2.45, 2.75) is 6.54 Å². The summed E-state index contributed by atoms with van der Waals surface area (Å²) in [7, 11) is 0. The minimum absolute atomic E-state index is 0.0556. The maximum Gasteiger partial charge on any atom is 0.253 e. The monoisotopic (exact) mass is 277 g/mol. The van der Waals surface area contributed by atoms with E-state index >= 15 is 0 Å². The standard InChI is InChI=1S/C11H8BrN3O/c12-7-1-2-10-9(3-7)11(16)14-5-8-4-13-6-15(8)10/h1-4,6H,5H2,(H,14,16). The summed E-state index contributed by atoms with van der Waals surface area (Å²) >= 11 is 3.37. The van der Waals surface area contributed by atoms with Gasteiger partial charge >= 0.3 is 0 Å². The fraction of sp³-hybridized carbons (Fsp3) is 0.0909. The highest BCUT2D eigenvalue weighted by molar-refractivity contribution is 9.10. The third-order valence-corrected chi connectivity index (χ3v) is 3.10. The summed E-state index contributed by atoms with van der Waals surface area (Å²) < 4.78 is 2.82. The maximum atomic E-state index is 11.9. The Morgan fingerprint density at radius 1 is 1.44 bits per heavy atom. The van der Waals surface area contributed by atoms with E-state index in [4.69, 9.17) is 0 Å². The summed E-state index contributed by atoms with van der Waals surface area (Å²) in [6, 6.07) is 5.65. The Bertz CT molecular complexity index is 576. The van der Waals surface area contributed by atoms with Gasteiger partial charge in [-0.2, -0.15) is 0 Å². The molecule has 1 N–H and O–H groups in total. The third kappa shape index (κ3) is 1.36. The van der Waals surface area contributed by atoms with Gasteiger partial charge in [0.05, 0.1) is 36.0 Å². The molecule has 3 rings (SSSR count). The van der Waals surface area contributed by atoms with Crippen LogP contribution in [0.4, 0.5) is 0 Å². The number of aromatic nitrogens is 2. The first-order valence-corrected chi connectivity index (χ1v) is 5.64. The molecule has 0 fully saturated rings. The number of fused-ring (bicyclic) bond motifs is 3. The predicted octanol–water partition coefficient (Wildman–Crippen LogP) is 1.88. The Labute approximate surface area is 100 Å². The number of benzene rings is 1. The van der Waals surface area contributed by atoms with Gasteiger partial charge in [-0.3, -0.25) is 4.79 Å². The highest BCUT2D eigenvalue weighted by Crippen LogP contribution is 2.23. The van der Waals surface area contributed by atoms with Crippen LogP contribution in [0.3, 0.4) is 0 Å². The Morgan fingerprint density at radius 2 is 2.31 bits per heavy atom. The zero-order valence-electron chi connectivity index (χ0n) is 8.27. The highest BCUT2D eigenvalue weighted by atomic mass is 79.9. The number of nitrogens with one attached hydrogen (secondary N) is 1. The Balaban J connectivity index is 2.31. The van der Waals surface area contributed by atoms with Gasteiger partial charge in [0.15, 0.2) is 0 Å². The van der Waals surface area contributed by atoms with E-state index in [1.54, 1.807) is 12.5 Å². The van der Waals surface area contributed by atoms with Crippen LogP contribution in [-0.2, 0) is 6.54 Å². The summed E-state index contributed by atoms with van der Waals surface area (Å²) in [4.78, 5) is 16.0. The fourth-order valence-electron chi connectivity index (χ4n) is 1.84. The van der Waals surface area contributed by atoms with Crippen LogP contribution >= 0.6 is 15.9 Å². The molecule has 0 saturated heterocycles. The van der Waals surface area contributed by atoms with Gasteiger partial charge in [0, 0.05) is 4.47 Å². The summed E-state index contributed by atoms with van der Waals surface area (Å²) in [5.74, 6) is -0.0556. The van der Waals surface area contributed by atoms with Crippen LogP contribution in [0.15, 0.2) is 35.2 Å². The molecule has 5 heteroatoms. The second-order valence-electron chi connectivity index (χ2n) is 3.60. The number of nitrogens with zero attached hydrogens (tertiary/aromatic N) is 2. The molecule has 1 aliphatic rings. The van der Waals surface area contributed by atoms with Gasteiger partial charge in [-0.15, -0.1) is 0 Å². The number of carbonyl (C=O) groups excluding carboxylic acids is 1. The summed E-state index contributed by atoms with van der Waals surface area (Å²) in [6.45, 7) is 0.505. The molecular formula is C11H8BrN3O. The highest BCUT2D eigenvalue weighted by Gasteiger charge is 2.19. The van der Waals surface area contributed by atoms with Crippen LogP contribution in [0.5, 0.6) is 0 Å². The van der Waals surface area contributed by atoms with E-state index in [0.29, 0.717) is 12.1 Å². The molecule has 1 amide bonds. The topological polar surface area (TPSA) is 46.9 Å². The predicted molar refractivity (Wildman–Crippen MR) is 62.4 cm³/mol. The average Bonchev–Trinajstić information content (AvgIpc) is 2.69. The summed E-state index contributed by atoms with van der Waals surface area (Å²) in [5.41, 5.74) is 2.51. The Hall–Kier alpha value is -1.62. The van der Waals surface area contributed by atoms with Gasteiger partial charge in [0.25, 0.3) is 5.91 Å². The van der Waals surface area contributed by atoms with Crippen molar-refractivity contribution in [2.75, 3.05) is 0 Å². The smallest absolute Gasteiger partial charge is 0.253 e. The van der Waals surface area contributed by atoms with Crippen LogP contribution < -0.4 is 5.32 Å². The molecule has 0 spiro atoms. The zero-order chi connectivity index (χ0) is 11.1. The van der Waals surface area contributed by atoms with Crippen molar-refractivity contribution in [2.24, 2.45) is 0 Å². The lowest BCUT2D eigenvalue weighted by atomic mass is 10.1. The van der Waals surface area contributed by atoms with Crippen LogP contribution in [0.1, 0.15) is 16.1 Å². The minimum Gasteiger partial charge on any atom is -0.346 e. The lowest BCUT2D eigenvalue weighted by molar-refractivity contribution is 0.0952. The molecule has 80 valence electrons. The number of hydrogen-bond donors (Lipinski definition) is 1. The molecule has 0 aliphatic carbocycles. The lowest BCUT2D eigenvalue weighted by Crippen LogP contribution is -2.21. The molecule has 1 aliphatic heterocycles. The van der Waals surface area contributed by atoms with Crippen LogP contribution in [0.25, 0.3) is 5.69 Å². The molecule has 16 heavy (non-hydrogen) atoms. The third-order valence-electron chi connectivity index (χ3n) is 2.61. The molecule has 1 aromatic heterocycles. The fourth-order valence-corrected chi connectivity index (χ4v) is 2.20. The summed E-state index contributed by atoms with van der Waals surface area (Å²) in [6.07, 6.45) is 3.49. The molecule has 0 saturated carbocycles. The van der Waals surface area contributed by atoms with Gasteiger partial charge in [-0.05, 0) is 18.2 Å². The Kier molecular flexibility index (Phi) is 2.07. The van der Waals surface area contributed by atoms with Gasteiger partial charge in [-0.1, -0.05) is 15.9 Å². The van der Waals surface area contributed by atoms with Gasteiger partial charge in [0.2, 0.25) is 0 Å². The van der Waals surface area contributed by atoms with Crippen LogP contribution in [0, 0.1) is 0 Å². The number of halogens is 1. The van der Waals surface area contributed by atoms with E-state index in [0.717, 1.165) is 15.9 Å². The largest absolute Gasteiger partial charge is 0.346 e. The van der Waals surface area contributed by atoms with E-state index in [9.17, 15) is 4.79 Å². The Morgan fingerprint density at radius 3 is 3.19 bits per heavy atom. The SMILES string of the molecule is O=C1NCc2cncn2-c2ccc(Br)cc21. The molecule has 0 unspecified atom stereocenters. The van der Waals surface area contributed by atoms with Gasteiger partial charge < -0.3 is 9.88 Å². The van der Waals surface area contributed by atoms with Crippen molar-refractivity contribution in [1.29, 1.82) is 0 Å². The average molecular weight is 278 g/mol. The molecule has 0 bridgehead atoms. The molecule has 2 aromatic rings. The molecule has 0 radical (unpaired) electrons. The lowest BCUT2D eigenvalue weighted by Gasteiger charge is -2.07. The molecule has 4 nitrogen and oxygen atoms in total.